The van der Waals surface area contributed by atoms with Crippen LogP contribution in [0.3, 0.4) is 0 Å². The topological polar surface area (TPSA) is 136 Å². The monoisotopic (exact) mass is 448 g/mol. The Balaban J connectivity index is 1.81. The highest BCUT2D eigenvalue weighted by atomic mass is 35.5. The van der Waals surface area contributed by atoms with Crippen LogP contribution in [0.5, 0.6) is 0 Å². The molecule has 1 aliphatic rings. The average Bonchev–Trinajstić information content (AvgIpc) is 3.09. The molecule has 0 spiro atoms. The van der Waals surface area contributed by atoms with Gasteiger partial charge in [0.05, 0.1) is 17.2 Å². The van der Waals surface area contributed by atoms with E-state index in [9.17, 15) is 19.7 Å². The van der Waals surface area contributed by atoms with Crippen molar-refractivity contribution < 1.29 is 23.7 Å². The first-order chi connectivity index (χ1) is 14.8. The average molecular weight is 449 g/mol. The second-order valence-corrected chi connectivity index (χ2v) is 7.29. The Morgan fingerprint density at radius 2 is 2.10 bits per heavy atom. The van der Waals surface area contributed by atoms with Gasteiger partial charge in [-0.25, -0.2) is 5.43 Å². The van der Waals surface area contributed by atoms with Crippen molar-refractivity contribution >= 4 is 34.8 Å². The first-order valence-electron chi connectivity index (χ1n) is 9.54. The van der Waals surface area contributed by atoms with E-state index in [0.29, 0.717) is 48.6 Å². The van der Waals surface area contributed by atoms with Crippen molar-refractivity contribution in [1.29, 1.82) is 0 Å². The molecule has 0 saturated heterocycles. The van der Waals surface area contributed by atoms with Gasteiger partial charge in [0.15, 0.2) is 5.76 Å². The van der Waals surface area contributed by atoms with E-state index in [1.807, 2.05) is 0 Å². The van der Waals surface area contributed by atoms with Gasteiger partial charge in [0, 0.05) is 42.8 Å². The molecule has 1 heterocycles. The number of furan rings is 1. The third-order valence-electron chi connectivity index (χ3n) is 4.82. The van der Waals surface area contributed by atoms with Gasteiger partial charge in [0.2, 0.25) is 0 Å². The first-order valence-corrected chi connectivity index (χ1v) is 9.92. The summed E-state index contributed by atoms with van der Waals surface area (Å²) in [5, 5.41) is 17.9. The van der Waals surface area contributed by atoms with E-state index < -0.39 is 10.8 Å². The fourth-order valence-corrected chi connectivity index (χ4v) is 3.51. The van der Waals surface area contributed by atoms with Crippen LogP contribution in [0.1, 0.15) is 50.6 Å². The Labute approximate surface area is 182 Å². The number of hydrogen-bond acceptors (Lipinski definition) is 7. The molecule has 1 aliphatic carbocycles. The SMILES string of the molecule is COCCNC(=O)c1oc2c(c1C)/C(=N/NC(=O)c1ccc(Cl)c([N+](=O)[O-])c1)CCC2. The van der Waals surface area contributed by atoms with Gasteiger partial charge in [-0.15, -0.1) is 0 Å². The number of hydrazone groups is 1. The Hall–Kier alpha value is -3.24. The molecule has 0 unspecified atom stereocenters. The molecule has 0 aliphatic heterocycles. The van der Waals surface area contributed by atoms with Crippen molar-refractivity contribution in [3.8, 4) is 0 Å². The molecule has 2 amide bonds. The van der Waals surface area contributed by atoms with Gasteiger partial charge in [-0.2, -0.15) is 5.10 Å². The zero-order chi connectivity index (χ0) is 22.5. The van der Waals surface area contributed by atoms with Crippen LogP contribution in [0.4, 0.5) is 5.69 Å². The lowest BCUT2D eigenvalue weighted by Gasteiger charge is -2.13. The zero-order valence-corrected chi connectivity index (χ0v) is 17.7. The summed E-state index contributed by atoms with van der Waals surface area (Å²) in [4.78, 5) is 35.2. The van der Waals surface area contributed by atoms with E-state index >= 15 is 0 Å². The molecule has 0 fully saturated rings. The van der Waals surface area contributed by atoms with E-state index in [2.05, 4.69) is 15.8 Å². The number of carbonyl (C=O) groups excluding carboxylic acids is 2. The summed E-state index contributed by atoms with van der Waals surface area (Å²) in [6, 6.07) is 3.76. The van der Waals surface area contributed by atoms with Crippen LogP contribution in [-0.2, 0) is 11.2 Å². The summed E-state index contributed by atoms with van der Waals surface area (Å²) in [6.07, 6.45) is 1.98. The number of nitrogens with one attached hydrogen (secondary N) is 2. The smallest absolute Gasteiger partial charge is 0.288 e. The molecule has 1 aromatic carbocycles. The second kappa shape index (κ2) is 9.71. The second-order valence-electron chi connectivity index (χ2n) is 6.88. The van der Waals surface area contributed by atoms with E-state index in [-0.39, 0.29) is 27.9 Å². The number of halogens is 1. The van der Waals surface area contributed by atoms with E-state index in [1.165, 1.54) is 12.1 Å². The van der Waals surface area contributed by atoms with Crippen LogP contribution in [-0.4, -0.2) is 42.7 Å². The summed E-state index contributed by atoms with van der Waals surface area (Å²) in [6.45, 7) is 2.50. The summed E-state index contributed by atoms with van der Waals surface area (Å²) in [5.41, 5.74) is 4.03. The minimum atomic E-state index is -0.660. The van der Waals surface area contributed by atoms with Crippen molar-refractivity contribution in [2.24, 2.45) is 5.10 Å². The highest BCUT2D eigenvalue weighted by molar-refractivity contribution is 6.32. The quantitative estimate of drug-likeness (QED) is 0.379. The van der Waals surface area contributed by atoms with Gasteiger partial charge in [0.1, 0.15) is 10.8 Å². The number of fused-ring (bicyclic) bond motifs is 1. The normalized spacial score (nSPS) is 14.2. The van der Waals surface area contributed by atoms with Crippen molar-refractivity contribution in [2.75, 3.05) is 20.3 Å². The Morgan fingerprint density at radius 1 is 1.32 bits per heavy atom. The number of amides is 2. The molecule has 2 N–H and O–H groups in total. The van der Waals surface area contributed by atoms with Gasteiger partial charge in [-0.1, -0.05) is 11.6 Å². The van der Waals surface area contributed by atoms with Gasteiger partial charge in [0.25, 0.3) is 17.5 Å². The molecular formula is C20H21ClN4O6. The highest BCUT2D eigenvalue weighted by Crippen LogP contribution is 2.30. The predicted molar refractivity (Wildman–Crippen MR) is 113 cm³/mol. The number of aryl methyl sites for hydroxylation is 1. The van der Waals surface area contributed by atoms with Crippen LogP contribution < -0.4 is 10.7 Å². The minimum Gasteiger partial charge on any atom is -0.455 e. The predicted octanol–water partition coefficient (Wildman–Crippen LogP) is 3.00. The van der Waals surface area contributed by atoms with Crippen LogP contribution in [0.25, 0.3) is 0 Å². The fraction of sp³-hybridized carbons (Fsp3) is 0.350. The minimum absolute atomic E-state index is 0.0543. The molecule has 0 atom stereocenters. The summed E-state index contributed by atoms with van der Waals surface area (Å²) < 4.78 is 10.7. The fourth-order valence-electron chi connectivity index (χ4n) is 3.32. The summed E-state index contributed by atoms with van der Waals surface area (Å²) in [5.74, 6) is -0.120. The molecule has 0 saturated carbocycles. The van der Waals surface area contributed by atoms with Crippen molar-refractivity contribution in [3.05, 3.63) is 61.5 Å². The number of methoxy groups -OCH3 is 1. The van der Waals surface area contributed by atoms with Gasteiger partial charge < -0.3 is 14.5 Å². The number of nitro benzene ring substituents is 1. The maximum absolute atomic E-state index is 12.4. The van der Waals surface area contributed by atoms with Crippen LogP contribution >= 0.6 is 11.6 Å². The molecule has 3 rings (SSSR count). The number of rotatable bonds is 7. The number of nitrogens with zero attached hydrogens (tertiary/aromatic N) is 2. The Kier molecular flexibility index (Phi) is 7.03. The Morgan fingerprint density at radius 3 is 2.81 bits per heavy atom. The molecule has 31 heavy (non-hydrogen) atoms. The first kappa shape index (κ1) is 22.4. The van der Waals surface area contributed by atoms with Crippen LogP contribution in [0.15, 0.2) is 27.7 Å². The maximum Gasteiger partial charge on any atom is 0.288 e. The van der Waals surface area contributed by atoms with E-state index in [1.54, 1.807) is 14.0 Å². The zero-order valence-electron chi connectivity index (χ0n) is 17.0. The lowest BCUT2D eigenvalue weighted by Crippen LogP contribution is -2.27. The number of carbonyl (C=O) groups is 2. The molecule has 2 aromatic rings. The van der Waals surface area contributed by atoms with E-state index in [0.717, 1.165) is 12.5 Å². The van der Waals surface area contributed by atoms with Gasteiger partial charge >= 0.3 is 0 Å². The molecular weight excluding hydrogens is 428 g/mol. The van der Waals surface area contributed by atoms with Crippen LogP contribution in [0.2, 0.25) is 5.02 Å². The molecule has 11 heteroatoms. The van der Waals surface area contributed by atoms with Crippen LogP contribution in [0, 0.1) is 17.0 Å². The Bertz CT molecular complexity index is 1060. The number of benzene rings is 1. The molecule has 0 bridgehead atoms. The third-order valence-corrected chi connectivity index (χ3v) is 5.14. The summed E-state index contributed by atoms with van der Waals surface area (Å²) in [7, 11) is 1.54. The third kappa shape index (κ3) is 4.92. The number of nitro groups is 1. The van der Waals surface area contributed by atoms with Gasteiger partial charge in [-0.3, -0.25) is 19.7 Å². The molecule has 164 valence electrons. The summed E-state index contributed by atoms with van der Waals surface area (Å²) >= 11 is 5.79. The highest BCUT2D eigenvalue weighted by Gasteiger charge is 2.28. The molecule has 1 aromatic heterocycles. The largest absolute Gasteiger partial charge is 0.455 e. The maximum atomic E-state index is 12.4. The van der Waals surface area contributed by atoms with Gasteiger partial charge in [-0.05, 0) is 31.9 Å². The lowest BCUT2D eigenvalue weighted by molar-refractivity contribution is -0.384. The van der Waals surface area contributed by atoms with Crippen molar-refractivity contribution in [2.45, 2.75) is 26.2 Å². The number of hydrogen-bond donors (Lipinski definition) is 2. The van der Waals surface area contributed by atoms with Crippen molar-refractivity contribution in [1.82, 2.24) is 10.7 Å². The molecule has 10 nitrogen and oxygen atoms in total. The van der Waals surface area contributed by atoms with Crippen molar-refractivity contribution in [3.63, 3.8) is 0 Å². The number of ether oxygens (including phenoxy) is 1. The lowest BCUT2D eigenvalue weighted by atomic mass is 9.93. The standard InChI is InChI=1S/C20H21ClN4O6/c1-11-17-14(4-3-5-16(17)31-18(11)20(27)22-8-9-30-2)23-24-19(26)12-6-7-13(21)15(10-12)25(28)29/h6-7,10H,3-5,8-9H2,1-2H3,(H,22,27)(H,24,26)/b23-14+. The van der Waals surface area contributed by atoms with E-state index in [4.69, 9.17) is 20.8 Å². The molecule has 0 radical (unpaired) electrons.